The third kappa shape index (κ3) is 3.81. The lowest BCUT2D eigenvalue weighted by atomic mass is 10.1. The highest BCUT2D eigenvalue weighted by Crippen LogP contribution is 2.22. The Balaban J connectivity index is 1.84. The lowest BCUT2D eigenvalue weighted by molar-refractivity contribution is 0.0701. The van der Waals surface area contributed by atoms with Gasteiger partial charge in [-0.15, -0.1) is 0 Å². The minimum absolute atomic E-state index is 0.147. The molecule has 3 rings (SSSR count). The van der Waals surface area contributed by atoms with E-state index < -0.39 is 5.82 Å². The number of rotatable bonds is 6. The van der Waals surface area contributed by atoms with Gasteiger partial charge in [-0.2, -0.15) is 5.10 Å². The maximum Gasteiger partial charge on any atom is 0.272 e. The minimum atomic E-state index is -0.398. The lowest BCUT2D eigenvalue weighted by Gasteiger charge is -2.22. The van der Waals surface area contributed by atoms with E-state index in [1.165, 1.54) is 12.1 Å². The molecule has 26 heavy (non-hydrogen) atoms. The molecule has 3 aromatic rings. The van der Waals surface area contributed by atoms with Crippen molar-refractivity contribution in [1.29, 1.82) is 0 Å². The number of nitrogens with zero attached hydrogens (tertiary/aromatic N) is 2. The molecule has 1 heterocycles. The van der Waals surface area contributed by atoms with Crippen molar-refractivity contribution in [2.45, 2.75) is 13.5 Å². The number of aromatic amines is 1. The van der Waals surface area contributed by atoms with Gasteiger partial charge in [-0.1, -0.05) is 36.4 Å². The standard InChI is InChI=1S/C20H20FN3O2/c1-14-6-2-3-7-15(14)13-24(10-11-25)20(26)19-12-18(22-23-19)16-8-4-5-9-17(16)21/h2-9,12,25H,10-11,13H2,1H3,(H,22,23). The second-order valence-corrected chi connectivity index (χ2v) is 6.02. The highest BCUT2D eigenvalue weighted by molar-refractivity contribution is 5.93. The Bertz CT molecular complexity index is 907. The molecular formula is C20H20FN3O2. The summed E-state index contributed by atoms with van der Waals surface area (Å²) in [5.41, 5.74) is 3.02. The van der Waals surface area contributed by atoms with Gasteiger partial charge in [0.05, 0.1) is 12.3 Å². The predicted molar refractivity (Wildman–Crippen MR) is 97.0 cm³/mol. The fraction of sp³-hybridized carbons (Fsp3) is 0.200. The number of aryl methyl sites for hydroxylation is 1. The van der Waals surface area contributed by atoms with E-state index in [0.717, 1.165) is 11.1 Å². The summed E-state index contributed by atoms with van der Waals surface area (Å²) in [4.78, 5) is 14.4. The van der Waals surface area contributed by atoms with Gasteiger partial charge in [0.25, 0.3) is 5.91 Å². The molecule has 1 amide bonds. The van der Waals surface area contributed by atoms with E-state index in [0.29, 0.717) is 17.8 Å². The average molecular weight is 353 g/mol. The maximum absolute atomic E-state index is 13.9. The molecule has 0 fully saturated rings. The Labute approximate surface area is 151 Å². The lowest BCUT2D eigenvalue weighted by Crippen LogP contribution is -2.33. The summed E-state index contributed by atoms with van der Waals surface area (Å²) in [5.74, 6) is -0.692. The molecule has 5 nitrogen and oxygen atoms in total. The molecule has 0 unspecified atom stereocenters. The van der Waals surface area contributed by atoms with Crippen LogP contribution in [0.5, 0.6) is 0 Å². The smallest absolute Gasteiger partial charge is 0.272 e. The Hall–Kier alpha value is -2.99. The number of halogens is 1. The van der Waals surface area contributed by atoms with E-state index in [-0.39, 0.29) is 24.8 Å². The second-order valence-electron chi connectivity index (χ2n) is 6.02. The summed E-state index contributed by atoms with van der Waals surface area (Å²) in [6, 6.07) is 15.6. The number of aromatic nitrogens is 2. The van der Waals surface area contributed by atoms with E-state index in [1.807, 2.05) is 31.2 Å². The van der Waals surface area contributed by atoms with Crippen LogP contribution in [0.3, 0.4) is 0 Å². The molecule has 0 saturated carbocycles. The van der Waals surface area contributed by atoms with Crippen molar-refractivity contribution in [1.82, 2.24) is 15.1 Å². The zero-order valence-electron chi connectivity index (χ0n) is 14.4. The van der Waals surface area contributed by atoms with Crippen LogP contribution in [-0.4, -0.2) is 39.3 Å². The van der Waals surface area contributed by atoms with Crippen LogP contribution in [0.25, 0.3) is 11.3 Å². The molecule has 134 valence electrons. The topological polar surface area (TPSA) is 69.2 Å². The van der Waals surface area contributed by atoms with Crippen LogP contribution >= 0.6 is 0 Å². The second kappa shape index (κ2) is 7.93. The number of nitrogens with one attached hydrogen (secondary N) is 1. The molecule has 6 heteroatoms. The largest absolute Gasteiger partial charge is 0.395 e. The van der Waals surface area contributed by atoms with Gasteiger partial charge in [-0.3, -0.25) is 9.89 Å². The number of carbonyl (C=O) groups is 1. The Morgan fingerprint density at radius 3 is 2.65 bits per heavy atom. The number of carbonyl (C=O) groups excluding carboxylic acids is 1. The average Bonchev–Trinajstić information content (AvgIpc) is 3.13. The summed E-state index contributed by atoms with van der Waals surface area (Å²) in [5, 5.41) is 16.1. The molecule has 0 spiro atoms. The van der Waals surface area contributed by atoms with Gasteiger partial charge in [0, 0.05) is 18.7 Å². The quantitative estimate of drug-likeness (QED) is 0.715. The van der Waals surface area contributed by atoms with Gasteiger partial charge in [-0.05, 0) is 36.2 Å². The van der Waals surface area contributed by atoms with E-state index >= 15 is 0 Å². The molecule has 0 saturated heterocycles. The number of hydrogen-bond acceptors (Lipinski definition) is 3. The van der Waals surface area contributed by atoms with Crippen molar-refractivity contribution in [3.63, 3.8) is 0 Å². The third-order valence-electron chi connectivity index (χ3n) is 4.24. The van der Waals surface area contributed by atoms with Gasteiger partial charge in [-0.25, -0.2) is 4.39 Å². The summed E-state index contributed by atoms with van der Waals surface area (Å²) < 4.78 is 13.9. The van der Waals surface area contributed by atoms with Crippen LogP contribution in [0.4, 0.5) is 4.39 Å². The van der Waals surface area contributed by atoms with Crippen LogP contribution in [0.15, 0.2) is 54.6 Å². The molecule has 0 atom stereocenters. The van der Waals surface area contributed by atoms with Crippen LogP contribution in [-0.2, 0) is 6.54 Å². The monoisotopic (exact) mass is 353 g/mol. The number of amides is 1. The Morgan fingerprint density at radius 1 is 1.19 bits per heavy atom. The molecule has 1 aromatic heterocycles. The van der Waals surface area contributed by atoms with Gasteiger partial charge in [0.2, 0.25) is 0 Å². The van der Waals surface area contributed by atoms with Crippen LogP contribution in [0, 0.1) is 12.7 Å². The number of hydrogen-bond donors (Lipinski definition) is 2. The SMILES string of the molecule is Cc1ccccc1CN(CCO)C(=O)c1cc(-c2ccccc2F)n[nH]1. The zero-order chi connectivity index (χ0) is 18.5. The number of H-pyrrole nitrogens is 1. The number of benzene rings is 2. The fourth-order valence-electron chi connectivity index (χ4n) is 2.77. The number of aliphatic hydroxyl groups excluding tert-OH is 1. The number of aliphatic hydroxyl groups is 1. The summed E-state index contributed by atoms with van der Waals surface area (Å²) in [6.45, 7) is 2.40. The Morgan fingerprint density at radius 2 is 1.92 bits per heavy atom. The summed E-state index contributed by atoms with van der Waals surface area (Å²) in [7, 11) is 0. The maximum atomic E-state index is 13.9. The first kappa shape index (κ1) is 17.8. The fourth-order valence-corrected chi connectivity index (χ4v) is 2.77. The van der Waals surface area contributed by atoms with E-state index in [4.69, 9.17) is 0 Å². The molecule has 2 aromatic carbocycles. The van der Waals surface area contributed by atoms with Gasteiger partial charge < -0.3 is 10.0 Å². The van der Waals surface area contributed by atoms with Crippen molar-refractivity contribution in [2.24, 2.45) is 0 Å². The summed E-state index contributed by atoms with van der Waals surface area (Å²) >= 11 is 0. The van der Waals surface area contributed by atoms with Crippen molar-refractivity contribution in [2.75, 3.05) is 13.2 Å². The van der Waals surface area contributed by atoms with Gasteiger partial charge >= 0.3 is 0 Å². The third-order valence-corrected chi connectivity index (χ3v) is 4.24. The molecule has 0 aliphatic heterocycles. The zero-order valence-corrected chi connectivity index (χ0v) is 14.4. The van der Waals surface area contributed by atoms with Gasteiger partial charge in [0.15, 0.2) is 0 Å². The predicted octanol–water partition coefficient (Wildman–Crippen LogP) is 3.16. The van der Waals surface area contributed by atoms with E-state index in [9.17, 15) is 14.3 Å². The first-order valence-electron chi connectivity index (χ1n) is 8.35. The first-order chi connectivity index (χ1) is 12.6. The van der Waals surface area contributed by atoms with Crippen molar-refractivity contribution < 1.29 is 14.3 Å². The van der Waals surface area contributed by atoms with E-state index in [1.54, 1.807) is 23.1 Å². The molecule has 0 radical (unpaired) electrons. The Kier molecular flexibility index (Phi) is 5.43. The first-order valence-corrected chi connectivity index (χ1v) is 8.35. The van der Waals surface area contributed by atoms with Gasteiger partial charge in [0.1, 0.15) is 11.5 Å². The van der Waals surface area contributed by atoms with E-state index in [2.05, 4.69) is 10.2 Å². The minimum Gasteiger partial charge on any atom is -0.395 e. The summed E-state index contributed by atoms with van der Waals surface area (Å²) in [6.07, 6.45) is 0. The van der Waals surface area contributed by atoms with Crippen molar-refractivity contribution >= 4 is 5.91 Å². The van der Waals surface area contributed by atoms with Crippen LogP contribution in [0.1, 0.15) is 21.6 Å². The molecular weight excluding hydrogens is 333 g/mol. The highest BCUT2D eigenvalue weighted by atomic mass is 19.1. The highest BCUT2D eigenvalue weighted by Gasteiger charge is 2.20. The van der Waals surface area contributed by atoms with Crippen molar-refractivity contribution in [3.05, 3.63) is 77.2 Å². The molecule has 0 aliphatic rings. The molecule has 0 bridgehead atoms. The van der Waals surface area contributed by atoms with Crippen molar-refractivity contribution in [3.8, 4) is 11.3 Å². The van der Waals surface area contributed by atoms with Crippen LogP contribution < -0.4 is 0 Å². The molecule has 2 N–H and O–H groups in total. The normalized spacial score (nSPS) is 10.7. The van der Waals surface area contributed by atoms with Crippen LogP contribution in [0.2, 0.25) is 0 Å². The molecule has 0 aliphatic carbocycles.